The van der Waals surface area contributed by atoms with Gasteiger partial charge in [0, 0.05) is 75.5 Å². The summed E-state index contributed by atoms with van der Waals surface area (Å²) in [4.78, 5) is 82.3. The zero-order valence-electron chi connectivity index (χ0n) is 34.2. The minimum atomic E-state index is -1.16. The molecule has 64 heavy (non-hydrogen) atoms. The van der Waals surface area contributed by atoms with Crippen LogP contribution in [0.3, 0.4) is 0 Å². The molecule has 0 aliphatic carbocycles. The number of aromatic hydroxyl groups is 2. The number of nitrogens with zero attached hydrogens (tertiary/aromatic N) is 6. The van der Waals surface area contributed by atoms with Crippen LogP contribution in [0.15, 0.2) is 52.3 Å². The molecule has 0 radical (unpaired) electrons. The van der Waals surface area contributed by atoms with Gasteiger partial charge in [-0.2, -0.15) is 0 Å². The second kappa shape index (κ2) is 17.7. The topological polar surface area (TPSA) is 208 Å². The molecule has 4 aliphatic heterocycles. The minimum Gasteiger partial charge on any atom is -0.502 e. The van der Waals surface area contributed by atoms with Crippen molar-refractivity contribution in [1.29, 1.82) is 0 Å². The maximum absolute atomic E-state index is 15.9. The van der Waals surface area contributed by atoms with E-state index in [0.717, 1.165) is 41.3 Å². The third-order valence-electron chi connectivity index (χ3n) is 11.9. The molecule has 8 rings (SSSR count). The lowest BCUT2D eigenvalue weighted by Crippen LogP contribution is -2.57. The first-order valence-corrected chi connectivity index (χ1v) is 20.3. The molecule has 2 saturated heterocycles. The number of carbonyl (C=O) groups excluding carboxylic acids is 4. The summed E-state index contributed by atoms with van der Waals surface area (Å²) in [6.07, 6.45) is 3.00. The van der Waals surface area contributed by atoms with Crippen LogP contribution in [-0.2, 0) is 29.2 Å². The molecule has 0 saturated carbocycles. The van der Waals surface area contributed by atoms with Crippen molar-refractivity contribution in [3.8, 4) is 11.5 Å². The molecule has 4 amide bonds. The Morgan fingerprint density at radius 3 is 1.67 bits per heavy atom. The van der Waals surface area contributed by atoms with E-state index >= 15 is 8.78 Å². The monoisotopic (exact) mass is 894 g/mol. The van der Waals surface area contributed by atoms with Gasteiger partial charge in [-0.1, -0.05) is 12.1 Å². The molecule has 4 aliphatic rings. The average molecular weight is 895 g/mol. The van der Waals surface area contributed by atoms with Gasteiger partial charge >= 0.3 is 0 Å². The van der Waals surface area contributed by atoms with E-state index < -0.39 is 116 Å². The van der Waals surface area contributed by atoms with Crippen molar-refractivity contribution in [3.05, 3.63) is 126 Å². The number of pyridine rings is 2. The summed E-state index contributed by atoms with van der Waals surface area (Å²) < 4.78 is 73.3. The summed E-state index contributed by atoms with van der Waals surface area (Å²) in [7, 11) is 1.56. The fourth-order valence-corrected chi connectivity index (χ4v) is 8.24. The molecule has 2 aromatic carbocycles. The van der Waals surface area contributed by atoms with E-state index in [2.05, 4.69) is 10.6 Å². The van der Waals surface area contributed by atoms with Gasteiger partial charge in [0.1, 0.15) is 47.7 Å². The predicted molar refractivity (Wildman–Crippen MR) is 216 cm³/mol. The fourth-order valence-electron chi connectivity index (χ4n) is 8.24. The van der Waals surface area contributed by atoms with Gasteiger partial charge < -0.3 is 40.1 Å². The van der Waals surface area contributed by atoms with Gasteiger partial charge in [-0.25, -0.2) is 17.6 Å². The lowest BCUT2D eigenvalue weighted by atomic mass is 10.1. The van der Waals surface area contributed by atoms with E-state index in [0.29, 0.717) is 25.9 Å². The summed E-state index contributed by atoms with van der Waals surface area (Å²) in [5, 5.41) is 29.6. The van der Waals surface area contributed by atoms with E-state index in [1.807, 2.05) is 0 Å². The molecule has 4 N–H and O–H groups in total. The Morgan fingerprint density at radius 2 is 1.14 bits per heavy atom. The Hall–Kier alpha value is -6.94. The number of rotatable bonds is 10. The number of fused-ring (bicyclic) bond motifs is 8. The summed E-state index contributed by atoms with van der Waals surface area (Å²) in [6.45, 7) is -0.700. The van der Waals surface area contributed by atoms with Gasteiger partial charge in [0.05, 0.1) is 18.8 Å². The van der Waals surface area contributed by atoms with Gasteiger partial charge in [-0.3, -0.25) is 48.1 Å². The lowest BCUT2D eigenvalue weighted by molar-refractivity contribution is 0.0129. The summed E-state index contributed by atoms with van der Waals surface area (Å²) >= 11 is 0. The quantitative estimate of drug-likeness (QED) is 0.168. The lowest BCUT2D eigenvalue weighted by Gasteiger charge is -2.42. The van der Waals surface area contributed by atoms with Crippen molar-refractivity contribution in [2.75, 3.05) is 56.6 Å². The Balaban J connectivity index is 0.938. The standard InChI is InChI=1S/C42H42F4N8O10/c1-63-23-7-11-49-20-51(13-9-23)53-18-28(36(56)37(57)33(53)41(49)61)40(60)48-16-26-31(45)6-5-22(32(26)46)19-64-24-8-12-50-21-52(14-10-24)54-17-27(35(55)38(58)34(54)42(50)62)39(59)47-15-25-29(43)3-2-4-30(25)44/h2-6,17-18,23-24,57-58H,7-16,19-21H2,1H3,(H,47,59)(H,48,60). The van der Waals surface area contributed by atoms with E-state index in [4.69, 9.17) is 9.47 Å². The SMILES string of the molecule is COC1CCN2CN(CC1)n1cc(C(=O)NCc3c(F)ccc(COC4CCN5CN(CC4)n4cc(C(=O)NCc6c(F)cccc6F)c(=O)c(O)c4C5=O)c3F)c(=O)c(O)c1C2=O. The number of halogens is 4. The molecule has 2 unspecified atom stereocenters. The number of ether oxygens (including phenoxy) is 2. The van der Waals surface area contributed by atoms with E-state index in [-0.39, 0.29) is 63.2 Å². The van der Waals surface area contributed by atoms with Crippen molar-refractivity contribution >= 4 is 23.6 Å². The Bertz CT molecular complexity index is 2680. The number of methoxy groups -OCH3 is 1. The first kappa shape index (κ1) is 43.7. The highest BCUT2D eigenvalue weighted by Gasteiger charge is 2.38. The van der Waals surface area contributed by atoms with Crippen molar-refractivity contribution in [2.24, 2.45) is 0 Å². The van der Waals surface area contributed by atoms with Gasteiger partial charge in [-0.05, 0) is 43.9 Å². The van der Waals surface area contributed by atoms with Crippen LogP contribution in [0.1, 0.15) is 84.1 Å². The van der Waals surface area contributed by atoms with Crippen LogP contribution in [0.5, 0.6) is 11.5 Å². The van der Waals surface area contributed by atoms with Crippen molar-refractivity contribution in [3.63, 3.8) is 0 Å². The molecular formula is C42H42F4N8O10. The van der Waals surface area contributed by atoms with Gasteiger partial charge in [0.2, 0.25) is 10.9 Å². The van der Waals surface area contributed by atoms with Crippen molar-refractivity contribution in [1.82, 2.24) is 29.8 Å². The minimum absolute atomic E-state index is 0.00851. The first-order valence-electron chi connectivity index (χ1n) is 20.3. The molecule has 2 aromatic heterocycles. The highest BCUT2D eigenvalue weighted by atomic mass is 19.1. The molecule has 4 bridgehead atoms. The smallest absolute Gasteiger partial charge is 0.277 e. The molecule has 18 nitrogen and oxygen atoms in total. The molecule has 4 aromatic rings. The second-order valence-corrected chi connectivity index (χ2v) is 15.7. The van der Waals surface area contributed by atoms with Crippen LogP contribution in [0.4, 0.5) is 17.6 Å². The molecule has 338 valence electrons. The molecule has 2 fully saturated rings. The number of carbonyl (C=O) groups is 4. The highest BCUT2D eigenvalue weighted by molar-refractivity contribution is 6.00. The number of amides is 4. The van der Waals surface area contributed by atoms with Crippen molar-refractivity contribution in [2.45, 2.75) is 57.6 Å². The summed E-state index contributed by atoms with van der Waals surface area (Å²) in [6, 6.07) is 5.30. The molecule has 22 heteroatoms. The summed E-state index contributed by atoms with van der Waals surface area (Å²) in [5.41, 5.74) is -5.24. The Kier molecular flexibility index (Phi) is 12.1. The highest BCUT2D eigenvalue weighted by Crippen LogP contribution is 2.27. The fraction of sp³-hybridized carbons (Fsp3) is 0.381. The zero-order valence-corrected chi connectivity index (χ0v) is 34.2. The Morgan fingerprint density at radius 1 is 0.672 bits per heavy atom. The number of hydrogen-bond acceptors (Lipinski definition) is 12. The van der Waals surface area contributed by atoms with Crippen LogP contribution in [0.25, 0.3) is 0 Å². The third-order valence-corrected chi connectivity index (χ3v) is 11.9. The Labute approximate surface area is 360 Å². The van der Waals surface area contributed by atoms with E-state index in [9.17, 15) is 47.8 Å². The zero-order chi connectivity index (χ0) is 45.6. The number of benzene rings is 2. The molecule has 6 heterocycles. The van der Waals surface area contributed by atoms with Crippen LogP contribution < -0.4 is 31.5 Å². The molecule has 0 spiro atoms. The number of aromatic nitrogens is 2. The maximum Gasteiger partial charge on any atom is 0.277 e. The van der Waals surface area contributed by atoms with Crippen LogP contribution in [-0.4, -0.2) is 112 Å². The van der Waals surface area contributed by atoms with Crippen LogP contribution >= 0.6 is 0 Å². The van der Waals surface area contributed by atoms with Gasteiger partial charge in [0.15, 0.2) is 22.9 Å². The van der Waals surface area contributed by atoms with Crippen molar-refractivity contribution < 1.29 is 56.4 Å². The average Bonchev–Trinajstić information content (AvgIpc) is 3.25. The maximum atomic E-state index is 15.9. The first-order chi connectivity index (χ1) is 30.7. The van der Waals surface area contributed by atoms with E-state index in [1.54, 1.807) is 17.1 Å². The van der Waals surface area contributed by atoms with Gasteiger partial charge in [-0.15, -0.1) is 0 Å². The normalized spacial score (nSPS) is 18.4. The van der Waals surface area contributed by atoms with Crippen LogP contribution in [0.2, 0.25) is 0 Å². The molecule has 2 atom stereocenters. The predicted octanol–water partition coefficient (Wildman–Crippen LogP) is 1.73. The summed E-state index contributed by atoms with van der Waals surface area (Å²) in [5.74, 6) is -9.27. The number of nitrogens with one attached hydrogen (secondary N) is 2. The van der Waals surface area contributed by atoms with Crippen LogP contribution in [0, 0.1) is 23.3 Å². The molecular weight excluding hydrogens is 853 g/mol. The van der Waals surface area contributed by atoms with Gasteiger partial charge in [0.25, 0.3) is 23.6 Å². The van der Waals surface area contributed by atoms with E-state index in [1.165, 1.54) is 20.5 Å². The third kappa shape index (κ3) is 8.09. The largest absolute Gasteiger partial charge is 0.502 e. The number of hydrogen-bond donors (Lipinski definition) is 4. The second-order valence-electron chi connectivity index (χ2n) is 15.7.